The Hall–Kier alpha value is -1.66. The number of hydrogen-bond acceptors (Lipinski definition) is 4. The van der Waals surface area contributed by atoms with Crippen molar-refractivity contribution in [1.29, 1.82) is 0 Å². The van der Waals surface area contributed by atoms with Gasteiger partial charge in [-0.3, -0.25) is 9.69 Å². The Labute approximate surface area is 123 Å². The molecule has 1 aromatic carbocycles. The molecular formula is C15H21FN2O3. The third-order valence-electron chi connectivity index (χ3n) is 3.55. The minimum atomic E-state index is -0.687. The van der Waals surface area contributed by atoms with E-state index in [1.165, 1.54) is 12.1 Å². The number of amides is 1. The van der Waals surface area contributed by atoms with E-state index in [0.717, 1.165) is 13.1 Å². The van der Waals surface area contributed by atoms with E-state index in [1.54, 1.807) is 24.0 Å². The number of carbonyl (C=O) groups is 1. The van der Waals surface area contributed by atoms with Crippen molar-refractivity contribution in [3.05, 3.63) is 30.1 Å². The summed E-state index contributed by atoms with van der Waals surface area (Å²) >= 11 is 0. The summed E-state index contributed by atoms with van der Waals surface area (Å²) in [6.45, 7) is 4.89. The van der Waals surface area contributed by atoms with Crippen molar-refractivity contribution in [2.75, 3.05) is 39.3 Å². The van der Waals surface area contributed by atoms with Gasteiger partial charge in [0.25, 0.3) is 0 Å². The van der Waals surface area contributed by atoms with Gasteiger partial charge in [0.2, 0.25) is 5.91 Å². The van der Waals surface area contributed by atoms with Crippen molar-refractivity contribution in [1.82, 2.24) is 9.80 Å². The molecule has 1 aliphatic heterocycles. The second kappa shape index (κ2) is 7.38. The number of aliphatic hydroxyl groups is 1. The van der Waals surface area contributed by atoms with Crippen LogP contribution < -0.4 is 4.74 Å². The molecule has 1 atom stereocenters. The van der Waals surface area contributed by atoms with Gasteiger partial charge in [-0.1, -0.05) is 12.1 Å². The van der Waals surface area contributed by atoms with Gasteiger partial charge in [0.05, 0.1) is 0 Å². The average Bonchev–Trinajstić information content (AvgIpc) is 2.47. The van der Waals surface area contributed by atoms with Gasteiger partial charge in [0.1, 0.15) is 12.7 Å². The number of aliphatic hydroxyl groups excluding tert-OH is 1. The van der Waals surface area contributed by atoms with Gasteiger partial charge in [0.15, 0.2) is 11.6 Å². The number of carbonyl (C=O) groups excluding carboxylic acids is 1. The van der Waals surface area contributed by atoms with Crippen molar-refractivity contribution >= 4 is 5.91 Å². The number of ether oxygens (including phenoxy) is 1. The highest BCUT2D eigenvalue weighted by Gasteiger charge is 2.20. The molecule has 0 spiro atoms. The van der Waals surface area contributed by atoms with Gasteiger partial charge >= 0.3 is 0 Å². The molecule has 2 rings (SSSR count). The minimum Gasteiger partial charge on any atom is -0.488 e. The lowest BCUT2D eigenvalue weighted by molar-refractivity contribution is -0.130. The average molecular weight is 296 g/mol. The Morgan fingerprint density at radius 2 is 2.00 bits per heavy atom. The van der Waals surface area contributed by atoms with Gasteiger partial charge < -0.3 is 14.7 Å². The minimum absolute atomic E-state index is 0.0495. The number of β-amino-alcohol motifs (C(OH)–C–C–N with tert-alkyl or cyclic N) is 1. The zero-order valence-electron chi connectivity index (χ0n) is 12.2. The van der Waals surface area contributed by atoms with Crippen LogP contribution in [0.15, 0.2) is 24.3 Å². The topological polar surface area (TPSA) is 53.0 Å². The van der Waals surface area contributed by atoms with Gasteiger partial charge in [-0.25, -0.2) is 4.39 Å². The Kier molecular flexibility index (Phi) is 5.52. The van der Waals surface area contributed by atoms with Crippen molar-refractivity contribution in [3.8, 4) is 5.75 Å². The molecule has 1 aromatic rings. The summed E-state index contributed by atoms with van der Waals surface area (Å²) in [6.07, 6.45) is -0.687. The molecule has 0 aromatic heterocycles. The van der Waals surface area contributed by atoms with Gasteiger partial charge in [-0.05, 0) is 12.1 Å². The van der Waals surface area contributed by atoms with Crippen molar-refractivity contribution in [2.24, 2.45) is 0 Å². The molecule has 21 heavy (non-hydrogen) atoms. The van der Waals surface area contributed by atoms with E-state index < -0.39 is 11.9 Å². The fourth-order valence-electron chi connectivity index (χ4n) is 2.34. The molecule has 116 valence electrons. The third kappa shape index (κ3) is 4.68. The first kappa shape index (κ1) is 15.7. The van der Waals surface area contributed by atoms with Gasteiger partial charge in [-0.2, -0.15) is 0 Å². The summed E-state index contributed by atoms with van der Waals surface area (Å²) in [4.78, 5) is 15.1. The predicted octanol–water partition coefficient (Wildman–Crippen LogP) is 0.729. The van der Waals surface area contributed by atoms with Crippen LogP contribution in [0, 0.1) is 5.82 Å². The van der Waals surface area contributed by atoms with Gasteiger partial charge in [0, 0.05) is 39.6 Å². The molecule has 0 unspecified atom stereocenters. The highest BCUT2D eigenvalue weighted by Crippen LogP contribution is 2.15. The van der Waals surface area contributed by atoms with Crippen LogP contribution in [0.5, 0.6) is 5.75 Å². The molecular weight excluding hydrogens is 275 g/mol. The largest absolute Gasteiger partial charge is 0.488 e. The summed E-state index contributed by atoms with van der Waals surface area (Å²) in [6, 6.07) is 6.13. The summed E-state index contributed by atoms with van der Waals surface area (Å²) in [7, 11) is 0. The molecule has 6 heteroatoms. The summed E-state index contributed by atoms with van der Waals surface area (Å²) in [5.74, 6) is -0.198. The molecule has 1 amide bonds. The van der Waals surface area contributed by atoms with Crippen LogP contribution in [0.3, 0.4) is 0 Å². The van der Waals surface area contributed by atoms with E-state index in [1.807, 2.05) is 0 Å². The quantitative estimate of drug-likeness (QED) is 0.870. The highest BCUT2D eigenvalue weighted by atomic mass is 19.1. The molecule has 1 heterocycles. The zero-order valence-corrected chi connectivity index (χ0v) is 12.2. The summed E-state index contributed by atoms with van der Waals surface area (Å²) in [5.41, 5.74) is 0. The molecule has 0 aliphatic carbocycles. The Morgan fingerprint density at radius 1 is 1.33 bits per heavy atom. The first-order valence-corrected chi connectivity index (χ1v) is 7.09. The number of piperazine rings is 1. The van der Waals surface area contributed by atoms with Crippen LogP contribution in [0.1, 0.15) is 6.92 Å². The van der Waals surface area contributed by atoms with E-state index >= 15 is 0 Å². The SMILES string of the molecule is CC(=O)N1CCN(C[C@H](O)COc2ccccc2F)CC1. The number of rotatable bonds is 5. The van der Waals surface area contributed by atoms with Crippen molar-refractivity contribution < 1.29 is 19.0 Å². The van der Waals surface area contributed by atoms with Crippen LogP contribution in [0.2, 0.25) is 0 Å². The number of halogens is 1. The monoisotopic (exact) mass is 296 g/mol. The Balaban J connectivity index is 1.72. The van der Waals surface area contributed by atoms with Crippen LogP contribution in [0.4, 0.5) is 4.39 Å². The second-order valence-corrected chi connectivity index (χ2v) is 5.20. The van der Waals surface area contributed by atoms with E-state index in [0.29, 0.717) is 19.6 Å². The molecule has 1 fully saturated rings. The van der Waals surface area contributed by atoms with E-state index in [9.17, 15) is 14.3 Å². The maximum Gasteiger partial charge on any atom is 0.219 e. The normalized spacial score (nSPS) is 17.6. The first-order chi connectivity index (χ1) is 10.1. The summed E-state index contributed by atoms with van der Waals surface area (Å²) in [5, 5.41) is 9.96. The van der Waals surface area contributed by atoms with Gasteiger partial charge in [-0.15, -0.1) is 0 Å². The van der Waals surface area contributed by atoms with E-state index in [-0.39, 0.29) is 18.3 Å². The van der Waals surface area contributed by atoms with E-state index in [2.05, 4.69) is 4.90 Å². The van der Waals surface area contributed by atoms with Crippen LogP contribution >= 0.6 is 0 Å². The molecule has 1 N–H and O–H groups in total. The molecule has 0 saturated carbocycles. The maximum absolute atomic E-state index is 13.4. The summed E-state index contributed by atoms with van der Waals surface area (Å²) < 4.78 is 18.6. The molecule has 1 aliphatic rings. The van der Waals surface area contributed by atoms with Crippen LogP contribution in [-0.4, -0.2) is 66.2 Å². The Bertz CT molecular complexity index is 476. The Morgan fingerprint density at radius 3 is 2.62 bits per heavy atom. The number of para-hydroxylation sites is 1. The van der Waals surface area contributed by atoms with E-state index in [4.69, 9.17) is 4.74 Å². The molecule has 0 bridgehead atoms. The number of nitrogens with zero attached hydrogens (tertiary/aromatic N) is 2. The fourth-order valence-corrected chi connectivity index (χ4v) is 2.34. The third-order valence-corrected chi connectivity index (χ3v) is 3.55. The lowest BCUT2D eigenvalue weighted by Gasteiger charge is -2.35. The van der Waals surface area contributed by atoms with Crippen LogP contribution in [-0.2, 0) is 4.79 Å². The molecule has 0 radical (unpaired) electrons. The fraction of sp³-hybridized carbons (Fsp3) is 0.533. The number of benzene rings is 1. The predicted molar refractivity (Wildman–Crippen MR) is 76.6 cm³/mol. The standard InChI is InChI=1S/C15H21FN2O3/c1-12(19)18-8-6-17(7-9-18)10-13(20)11-21-15-5-3-2-4-14(15)16/h2-5,13,20H,6-11H2,1H3/t13-/m0/s1. The second-order valence-electron chi connectivity index (χ2n) is 5.20. The molecule has 1 saturated heterocycles. The van der Waals surface area contributed by atoms with Crippen LogP contribution in [0.25, 0.3) is 0 Å². The lowest BCUT2D eigenvalue weighted by atomic mass is 10.2. The van der Waals surface area contributed by atoms with Crippen molar-refractivity contribution in [3.63, 3.8) is 0 Å². The highest BCUT2D eigenvalue weighted by molar-refractivity contribution is 5.73. The number of hydrogen-bond donors (Lipinski definition) is 1. The zero-order chi connectivity index (χ0) is 15.2. The van der Waals surface area contributed by atoms with Crippen molar-refractivity contribution in [2.45, 2.75) is 13.0 Å². The lowest BCUT2D eigenvalue weighted by Crippen LogP contribution is -2.50. The molecule has 5 nitrogen and oxygen atoms in total. The smallest absolute Gasteiger partial charge is 0.219 e. The maximum atomic E-state index is 13.4. The first-order valence-electron chi connectivity index (χ1n) is 7.09.